The normalized spacial score (nSPS) is 14.5. The molecular weight excluding hydrogens is 249 g/mol. The van der Waals surface area contributed by atoms with Crippen LogP contribution in [0.25, 0.3) is 0 Å². The molecular formula is C8H14BrF3O. The molecule has 0 rings (SSSR count). The summed E-state index contributed by atoms with van der Waals surface area (Å²) in [4.78, 5) is 0. The molecule has 80 valence electrons. The van der Waals surface area contributed by atoms with Crippen molar-refractivity contribution in [2.75, 3.05) is 6.61 Å². The highest BCUT2D eigenvalue weighted by Gasteiger charge is 2.39. The lowest BCUT2D eigenvalue weighted by Gasteiger charge is -2.16. The third kappa shape index (κ3) is 6.32. The van der Waals surface area contributed by atoms with Crippen LogP contribution in [0.4, 0.5) is 13.2 Å². The highest BCUT2D eigenvalue weighted by atomic mass is 79.9. The molecule has 0 aromatic carbocycles. The van der Waals surface area contributed by atoms with Gasteiger partial charge < -0.3 is 4.74 Å². The van der Waals surface area contributed by atoms with Crippen molar-refractivity contribution in [1.29, 1.82) is 0 Å². The minimum absolute atomic E-state index is 0.0982. The largest absolute Gasteiger partial charge is 0.396 e. The highest BCUT2D eigenvalue weighted by molar-refractivity contribution is 9.09. The number of rotatable bonds is 7. The zero-order valence-electron chi connectivity index (χ0n) is 7.53. The first-order chi connectivity index (χ1) is 6.00. The van der Waals surface area contributed by atoms with Crippen molar-refractivity contribution >= 4 is 15.9 Å². The molecule has 0 N–H and O–H groups in total. The Hall–Kier alpha value is 0.230. The van der Waals surface area contributed by atoms with Gasteiger partial charge in [0.2, 0.25) is 5.08 Å². The van der Waals surface area contributed by atoms with Gasteiger partial charge in [-0.15, -0.1) is 0 Å². The van der Waals surface area contributed by atoms with Crippen LogP contribution in [-0.2, 0) is 4.74 Å². The van der Waals surface area contributed by atoms with Gasteiger partial charge in [0.25, 0.3) is 0 Å². The average Bonchev–Trinajstić information content (AvgIpc) is 2.03. The lowest BCUT2D eigenvalue weighted by molar-refractivity contribution is -0.253. The second-order valence-corrected chi connectivity index (χ2v) is 3.58. The molecule has 0 fully saturated rings. The van der Waals surface area contributed by atoms with E-state index in [1.165, 1.54) is 0 Å². The Labute approximate surface area is 84.8 Å². The minimum atomic E-state index is -3.70. The quantitative estimate of drug-likeness (QED) is 0.500. The van der Waals surface area contributed by atoms with Crippen molar-refractivity contribution in [3.63, 3.8) is 0 Å². The van der Waals surface area contributed by atoms with Crippen molar-refractivity contribution in [2.45, 2.75) is 43.8 Å². The Balaban J connectivity index is 3.41. The fourth-order valence-corrected chi connectivity index (χ4v) is 0.932. The number of halogens is 4. The van der Waals surface area contributed by atoms with Gasteiger partial charge in [-0.3, -0.25) is 0 Å². The van der Waals surface area contributed by atoms with Gasteiger partial charge in [-0.25, -0.2) is 4.39 Å². The molecule has 5 heteroatoms. The fourth-order valence-electron chi connectivity index (χ4n) is 0.800. The molecule has 0 amide bonds. The molecule has 0 aliphatic heterocycles. The Morgan fingerprint density at radius 2 is 1.92 bits per heavy atom. The molecule has 0 aromatic rings. The molecule has 1 unspecified atom stereocenters. The molecule has 1 nitrogen and oxygen atoms in total. The lowest BCUT2D eigenvalue weighted by Crippen LogP contribution is -2.29. The van der Waals surface area contributed by atoms with Gasteiger partial charge in [0, 0.05) is 0 Å². The van der Waals surface area contributed by atoms with Crippen LogP contribution in [0, 0.1) is 0 Å². The maximum absolute atomic E-state index is 12.4. The van der Waals surface area contributed by atoms with E-state index in [9.17, 15) is 13.2 Å². The summed E-state index contributed by atoms with van der Waals surface area (Å²) in [5.41, 5.74) is 0. The Bertz CT molecular complexity index is 131. The van der Waals surface area contributed by atoms with E-state index >= 15 is 0 Å². The third-order valence-corrected chi connectivity index (χ3v) is 2.08. The Kier molecular flexibility index (Phi) is 6.77. The van der Waals surface area contributed by atoms with Crippen LogP contribution in [0.2, 0.25) is 0 Å². The van der Waals surface area contributed by atoms with E-state index < -0.39 is 11.2 Å². The van der Waals surface area contributed by atoms with Crippen LogP contribution < -0.4 is 0 Å². The molecule has 0 aromatic heterocycles. The van der Waals surface area contributed by atoms with Crippen molar-refractivity contribution in [3.8, 4) is 0 Å². The summed E-state index contributed by atoms with van der Waals surface area (Å²) in [6.45, 7) is 1.92. The number of alkyl halides is 4. The summed E-state index contributed by atoms with van der Waals surface area (Å²) in [6, 6.07) is 0. The Morgan fingerprint density at radius 1 is 1.31 bits per heavy atom. The van der Waals surface area contributed by atoms with E-state index in [0.717, 1.165) is 19.3 Å². The van der Waals surface area contributed by atoms with Gasteiger partial charge in [-0.2, -0.15) is 8.78 Å². The van der Waals surface area contributed by atoms with Crippen LogP contribution in [0.15, 0.2) is 0 Å². The van der Waals surface area contributed by atoms with Crippen molar-refractivity contribution in [1.82, 2.24) is 0 Å². The topological polar surface area (TPSA) is 9.23 Å². The van der Waals surface area contributed by atoms with Crippen molar-refractivity contribution in [2.24, 2.45) is 0 Å². The van der Waals surface area contributed by atoms with Crippen LogP contribution in [-0.4, -0.2) is 17.8 Å². The van der Waals surface area contributed by atoms with E-state index in [1.54, 1.807) is 0 Å². The van der Waals surface area contributed by atoms with E-state index in [-0.39, 0.29) is 6.61 Å². The third-order valence-electron chi connectivity index (χ3n) is 1.55. The summed E-state index contributed by atoms with van der Waals surface area (Å²) in [5, 5.41) is -2.42. The first kappa shape index (κ1) is 13.2. The molecule has 0 heterocycles. The summed E-state index contributed by atoms with van der Waals surface area (Å²) < 4.78 is 41.0. The molecule has 0 radical (unpaired) electrons. The second-order valence-electron chi connectivity index (χ2n) is 2.77. The standard InChI is InChI=1S/C8H14BrF3O/c1-2-3-4-5-6-13-8(11,12)7(9)10/h7H,2-6H2,1H3. The van der Waals surface area contributed by atoms with E-state index in [1.807, 2.05) is 6.92 Å². The molecule has 0 spiro atoms. The molecule has 13 heavy (non-hydrogen) atoms. The number of unbranched alkanes of at least 4 members (excludes halogenated alkanes) is 3. The van der Waals surface area contributed by atoms with E-state index in [0.29, 0.717) is 6.42 Å². The summed E-state index contributed by atoms with van der Waals surface area (Å²) in [6.07, 6.45) is -0.302. The van der Waals surface area contributed by atoms with Crippen LogP contribution in [0.1, 0.15) is 32.6 Å². The van der Waals surface area contributed by atoms with Gasteiger partial charge >= 0.3 is 6.11 Å². The van der Waals surface area contributed by atoms with Crippen LogP contribution >= 0.6 is 15.9 Å². The zero-order chi connectivity index (χ0) is 10.3. The van der Waals surface area contributed by atoms with Gasteiger partial charge in [0.1, 0.15) is 0 Å². The lowest BCUT2D eigenvalue weighted by atomic mass is 10.2. The number of hydrogen-bond acceptors (Lipinski definition) is 1. The van der Waals surface area contributed by atoms with Gasteiger partial charge in [-0.1, -0.05) is 26.2 Å². The first-order valence-electron chi connectivity index (χ1n) is 4.30. The fraction of sp³-hybridized carbons (Fsp3) is 1.00. The monoisotopic (exact) mass is 262 g/mol. The van der Waals surface area contributed by atoms with Crippen molar-refractivity contribution < 1.29 is 17.9 Å². The van der Waals surface area contributed by atoms with Gasteiger partial charge in [0.15, 0.2) is 0 Å². The van der Waals surface area contributed by atoms with Gasteiger partial charge in [-0.05, 0) is 22.4 Å². The highest BCUT2D eigenvalue weighted by Crippen LogP contribution is 2.27. The van der Waals surface area contributed by atoms with Crippen LogP contribution in [0.5, 0.6) is 0 Å². The maximum Gasteiger partial charge on any atom is 0.396 e. The average molecular weight is 263 g/mol. The Morgan fingerprint density at radius 3 is 2.38 bits per heavy atom. The molecule has 0 aliphatic rings. The molecule has 0 saturated heterocycles. The summed E-state index contributed by atoms with van der Waals surface area (Å²) in [7, 11) is 0. The first-order valence-corrected chi connectivity index (χ1v) is 5.22. The van der Waals surface area contributed by atoms with Crippen LogP contribution in [0.3, 0.4) is 0 Å². The van der Waals surface area contributed by atoms with Crippen molar-refractivity contribution in [3.05, 3.63) is 0 Å². The smallest absolute Gasteiger partial charge is 0.317 e. The molecule has 1 atom stereocenters. The SMILES string of the molecule is CCCCCCOC(F)(F)C(F)Br. The van der Waals surface area contributed by atoms with Gasteiger partial charge in [0.05, 0.1) is 6.61 Å². The molecule has 0 bridgehead atoms. The molecule has 0 aliphatic carbocycles. The predicted molar refractivity (Wildman–Crippen MR) is 48.9 cm³/mol. The predicted octanol–water partition coefficient (Wildman–Crippen LogP) is 3.87. The number of hydrogen-bond donors (Lipinski definition) is 0. The maximum atomic E-state index is 12.4. The number of ether oxygens (including phenoxy) is 1. The minimum Gasteiger partial charge on any atom is -0.317 e. The zero-order valence-corrected chi connectivity index (χ0v) is 9.12. The summed E-state index contributed by atoms with van der Waals surface area (Å²) in [5.74, 6) is 0. The molecule has 0 saturated carbocycles. The second kappa shape index (κ2) is 6.65. The summed E-state index contributed by atoms with van der Waals surface area (Å²) >= 11 is 2.14. The van der Waals surface area contributed by atoms with E-state index in [4.69, 9.17) is 0 Å². The van der Waals surface area contributed by atoms with E-state index in [2.05, 4.69) is 20.7 Å².